The van der Waals surface area contributed by atoms with Crippen LogP contribution in [0.15, 0.2) is 36.4 Å². The topological polar surface area (TPSA) is 43.1 Å². The number of rotatable bonds is 2. The highest BCUT2D eigenvalue weighted by Gasteiger charge is 2.17. The average Bonchev–Trinajstić information content (AvgIpc) is 3.11. The lowest BCUT2D eigenvalue weighted by Gasteiger charge is -2.07. The van der Waals surface area contributed by atoms with E-state index in [0.29, 0.717) is 0 Å². The number of carbonyl (C=O) groups excluding carboxylic acids is 1. The maximum Gasteiger partial charge on any atom is 0.0715 e. The molecule has 1 aliphatic heterocycles. The first-order valence-electron chi connectivity index (χ1n) is 5.24. The van der Waals surface area contributed by atoms with Crippen LogP contribution in [0.2, 0.25) is 0 Å². The van der Waals surface area contributed by atoms with Crippen molar-refractivity contribution in [3.8, 4) is 0 Å². The Bertz CT molecular complexity index is 573. The number of nitrogens with zero attached hydrogens (tertiary/aromatic N) is 1. The maximum atomic E-state index is 10.7. The summed E-state index contributed by atoms with van der Waals surface area (Å²) in [6.45, 7) is 2.23. The highest BCUT2D eigenvalue weighted by atomic mass is 16.4. The molecule has 80 valence electrons. The summed E-state index contributed by atoms with van der Waals surface area (Å²) >= 11 is 0. The number of aromatic carboxylic acids is 1. The zero-order chi connectivity index (χ0) is 11.1. The predicted octanol–water partition coefficient (Wildman–Crippen LogP) is 1.02. The third-order valence-corrected chi connectivity index (χ3v) is 2.87. The number of hydrogen-bond donors (Lipinski definition) is 0. The van der Waals surface area contributed by atoms with Gasteiger partial charge < -0.3 is 14.8 Å². The van der Waals surface area contributed by atoms with Crippen LogP contribution in [0.1, 0.15) is 10.4 Å². The van der Waals surface area contributed by atoms with E-state index in [9.17, 15) is 9.90 Å². The van der Waals surface area contributed by atoms with Crippen molar-refractivity contribution >= 4 is 22.4 Å². The van der Waals surface area contributed by atoms with E-state index >= 15 is 0 Å². The minimum atomic E-state index is -1.13. The van der Waals surface area contributed by atoms with Gasteiger partial charge in [-0.05, 0) is 34.5 Å². The van der Waals surface area contributed by atoms with Crippen molar-refractivity contribution in [2.75, 3.05) is 18.0 Å². The van der Waals surface area contributed by atoms with Crippen LogP contribution in [0.3, 0.4) is 0 Å². The highest BCUT2D eigenvalue weighted by Crippen LogP contribution is 2.26. The molecule has 0 radical (unpaired) electrons. The summed E-state index contributed by atoms with van der Waals surface area (Å²) in [5.41, 5.74) is 1.43. The molecule has 0 amide bonds. The van der Waals surface area contributed by atoms with Gasteiger partial charge in [0.1, 0.15) is 0 Å². The Morgan fingerprint density at radius 1 is 1.06 bits per heavy atom. The lowest BCUT2D eigenvalue weighted by molar-refractivity contribution is -0.255. The molecule has 1 saturated heterocycles. The summed E-state index contributed by atoms with van der Waals surface area (Å²) < 4.78 is 0. The first kappa shape index (κ1) is 9.21. The van der Waals surface area contributed by atoms with Crippen LogP contribution in [0.5, 0.6) is 0 Å². The van der Waals surface area contributed by atoms with Gasteiger partial charge in [-0.25, -0.2) is 0 Å². The van der Waals surface area contributed by atoms with Gasteiger partial charge in [0, 0.05) is 18.8 Å². The fourth-order valence-corrected chi connectivity index (χ4v) is 1.86. The Balaban J connectivity index is 2.12. The fourth-order valence-electron chi connectivity index (χ4n) is 1.86. The van der Waals surface area contributed by atoms with E-state index in [2.05, 4.69) is 11.0 Å². The first-order chi connectivity index (χ1) is 7.74. The molecule has 2 aromatic carbocycles. The molecule has 0 unspecified atom stereocenters. The van der Waals surface area contributed by atoms with Gasteiger partial charge in [-0.1, -0.05) is 18.2 Å². The van der Waals surface area contributed by atoms with E-state index in [1.807, 2.05) is 18.2 Å². The molecule has 16 heavy (non-hydrogen) atoms. The van der Waals surface area contributed by atoms with Crippen molar-refractivity contribution in [1.82, 2.24) is 0 Å². The first-order valence-corrected chi connectivity index (χ1v) is 5.24. The molecule has 0 saturated carbocycles. The van der Waals surface area contributed by atoms with Crippen molar-refractivity contribution in [2.24, 2.45) is 0 Å². The fraction of sp³-hybridized carbons (Fsp3) is 0.154. The molecule has 0 spiro atoms. The third kappa shape index (κ3) is 1.50. The van der Waals surface area contributed by atoms with Crippen LogP contribution in [0.4, 0.5) is 5.69 Å². The molecule has 0 bridgehead atoms. The lowest BCUT2D eigenvalue weighted by Crippen LogP contribution is -2.21. The van der Waals surface area contributed by atoms with Crippen LogP contribution >= 0.6 is 0 Å². The number of anilines is 1. The summed E-state index contributed by atoms with van der Waals surface area (Å²) in [5.74, 6) is -1.13. The zero-order valence-corrected chi connectivity index (χ0v) is 8.64. The van der Waals surface area contributed by atoms with E-state index in [4.69, 9.17) is 0 Å². The van der Waals surface area contributed by atoms with Crippen LogP contribution in [-0.4, -0.2) is 19.1 Å². The molecule has 0 atom stereocenters. The van der Waals surface area contributed by atoms with Crippen molar-refractivity contribution in [2.45, 2.75) is 0 Å². The minimum Gasteiger partial charge on any atom is -0.545 e. The van der Waals surface area contributed by atoms with E-state index in [1.165, 1.54) is 5.69 Å². The van der Waals surface area contributed by atoms with Crippen molar-refractivity contribution in [1.29, 1.82) is 0 Å². The number of carboxylic acid groups (broad SMARTS) is 1. The largest absolute Gasteiger partial charge is 0.545 e. The minimum absolute atomic E-state index is 0.229. The van der Waals surface area contributed by atoms with E-state index in [0.717, 1.165) is 23.9 Å². The molecule has 1 fully saturated rings. The van der Waals surface area contributed by atoms with Gasteiger partial charge >= 0.3 is 0 Å². The van der Waals surface area contributed by atoms with Crippen molar-refractivity contribution < 1.29 is 9.90 Å². The normalized spacial score (nSPS) is 14.1. The molecular weight excluding hydrogens is 202 g/mol. The summed E-state index contributed by atoms with van der Waals surface area (Å²) in [6, 6.07) is 11.1. The van der Waals surface area contributed by atoms with Gasteiger partial charge in [-0.15, -0.1) is 0 Å². The molecule has 3 heteroatoms. The highest BCUT2D eigenvalue weighted by molar-refractivity contribution is 5.94. The molecule has 1 heterocycles. The van der Waals surface area contributed by atoms with E-state index < -0.39 is 5.97 Å². The quantitative estimate of drug-likeness (QED) is 0.698. The lowest BCUT2D eigenvalue weighted by atomic mass is 10.1. The van der Waals surface area contributed by atoms with Gasteiger partial charge in [0.25, 0.3) is 0 Å². The molecule has 0 aromatic heterocycles. The Morgan fingerprint density at radius 3 is 2.44 bits per heavy atom. The number of carboxylic acids is 1. The van der Waals surface area contributed by atoms with Gasteiger partial charge in [0.2, 0.25) is 0 Å². The van der Waals surface area contributed by atoms with Crippen LogP contribution in [0, 0.1) is 0 Å². The molecule has 0 aliphatic carbocycles. The molecule has 0 N–H and O–H groups in total. The second kappa shape index (κ2) is 3.23. The Hall–Kier alpha value is -2.03. The van der Waals surface area contributed by atoms with E-state index in [1.54, 1.807) is 12.1 Å². The van der Waals surface area contributed by atoms with Crippen LogP contribution in [-0.2, 0) is 0 Å². The van der Waals surface area contributed by atoms with Crippen LogP contribution in [0.25, 0.3) is 10.8 Å². The summed E-state index contributed by atoms with van der Waals surface area (Å²) in [4.78, 5) is 13.0. The van der Waals surface area contributed by atoms with E-state index in [-0.39, 0.29) is 5.56 Å². The zero-order valence-electron chi connectivity index (χ0n) is 8.64. The Kier molecular flexibility index (Phi) is 1.86. The summed E-state index contributed by atoms with van der Waals surface area (Å²) in [6.07, 6.45) is 0. The van der Waals surface area contributed by atoms with Gasteiger partial charge in [-0.3, -0.25) is 0 Å². The van der Waals surface area contributed by atoms with Gasteiger partial charge in [-0.2, -0.15) is 0 Å². The van der Waals surface area contributed by atoms with Gasteiger partial charge in [0.15, 0.2) is 0 Å². The standard InChI is InChI=1S/C13H11NO2/c15-13(16)11-2-1-10-8-12(14-5-6-14)4-3-9(10)7-11/h1-4,7-8H,5-6H2,(H,15,16)/p-1. The predicted molar refractivity (Wildman–Crippen MR) is 60.5 cm³/mol. The van der Waals surface area contributed by atoms with Crippen molar-refractivity contribution in [3.63, 3.8) is 0 Å². The smallest absolute Gasteiger partial charge is 0.0715 e. The number of carbonyl (C=O) groups is 1. The molecular formula is C13H10NO2-. The molecule has 3 rings (SSSR count). The summed E-state index contributed by atoms with van der Waals surface area (Å²) in [5, 5.41) is 12.7. The third-order valence-electron chi connectivity index (χ3n) is 2.87. The average molecular weight is 212 g/mol. The molecule has 3 nitrogen and oxygen atoms in total. The molecule has 1 aliphatic rings. The number of fused-ring (bicyclic) bond motifs is 1. The van der Waals surface area contributed by atoms with Crippen molar-refractivity contribution in [3.05, 3.63) is 42.0 Å². The monoisotopic (exact) mass is 212 g/mol. The second-order valence-electron chi connectivity index (χ2n) is 4.02. The number of benzene rings is 2. The Morgan fingerprint density at radius 2 is 1.75 bits per heavy atom. The number of hydrogen-bond acceptors (Lipinski definition) is 3. The van der Waals surface area contributed by atoms with Crippen LogP contribution < -0.4 is 10.0 Å². The Labute approximate surface area is 92.9 Å². The summed E-state index contributed by atoms with van der Waals surface area (Å²) in [7, 11) is 0. The maximum absolute atomic E-state index is 10.7. The SMILES string of the molecule is O=C([O-])c1ccc2cc(N3CC3)ccc2c1. The second-order valence-corrected chi connectivity index (χ2v) is 4.02. The van der Waals surface area contributed by atoms with Gasteiger partial charge in [0.05, 0.1) is 5.97 Å². The molecule has 2 aromatic rings.